The molecule has 3 aliphatic rings. The molecule has 2 fully saturated rings. The van der Waals surface area contributed by atoms with Gasteiger partial charge in [-0.15, -0.1) is 0 Å². The zero-order chi connectivity index (χ0) is 25.3. The lowest BCUT2D eigenvalue weighted by Gasteiger charge is -2.45. The van der Waals surface area contributed by atoms with E-state index in [1.54, 1.807) is 19.1 Å². The number of hydrogen-bond acceptors (Lipinski definition) is 6. The second-order valence-electron chi connectivity index (χ2n) is 10.3. The number of nitrogens with zero attached hydrogens (tertiary/aromatic N) is 3. The first kappa shape index (κ1) is 24.9. The molecule has 36 heavy (non-hydrogen) atoms. The molecule has 2 aliphatic heterocycles. The van der Waals surface area contributed by atoms with Gasteiger partial charge in [-0.3, -0.25) is 14.5 Å². The molecule has 1 saturated carbocycles. The van der Waals surface area contributed by atoms with E-state index in [9.17, 15) is 9.59 Å². The number of rotatable bonds is 8. The lowest BCUT2D eigenvalue weighted by Crippen LogP contribution is -2.65. The third-order valence-electron chi connectivity index (χ3n) is 8.09. The van der Waals surface area contributed by atoms with Crippen LogP contribution in [-0.2, 0) is 16.1 Å². The van der Waals surface area contributed by atoms with Gasteiger partial charge in [0.15, 0.2) is 0 Å². The first-order chi connectivity index (χ1) is 17.5. The van der Waals surface area contributed by atoms with E-state index >= 15 is 0 Å². The second kappa shape index (κ2) is 10.3. The standard InChI is InChI=1S/C27H38N4O5/c1-27(26(33)28-19-7-4-5-8-19)18-30-21(17-20-22(34-2)9-10-23(35-3)24(20)30)25(32)31(27)12-6-11-29-13-15-36-16-14-29/h9-10,17,19H,4-8,11-16,18H2,1-3H3,(H,28,33). The van der Waals surface area contributed by atoms with Crippen molar-refractivity contribution in [3.05, 3.63) is 23.9 Å². The summed E-state index contributed by atoms with van der Waals surface area (Å²) in [5.74, 6) is 1.12. The molecule has 9 nitrogen and oxygen atoms in total. The van der Waals surface area contributed by atoms with Crippen LogP contribution in [0.1, 0.15) is 49.5 Å². The largest absolute Gasteiger partial charge is 0.496 e. The van der Waals surface area contributed by atoms with Crippen molar-refractivity contribution >= 4 is 22.7 Å². The minimum absolute atomic E-state index is 0.0801. The summed E-state index contributed by atoms with van der Waals surface area (Å²) < 4.78 is 18.7. The van der Waals surface area contributed by atoms with Crippen LogP contribution in [0.5, 0.6) is 11.5 Å². The van der Waals surface area contributed by atoms with Gasteiger partial charge in [0.1, 0.15) is 22.7 Å². The molecule has 0 bridgehead atoms. The maximum atomic E-state index is 14.0. The van der Waals surface area contributed by atoms with Crippen molar-refractivity contribution in [1.29, 1.82) is 0 Å². The number of morpholine rings is 1. The van der Waals surface area contributed by atoms with Crippen molar-refractivity contribution < 1.29 is 23.8 Å². The van der Waals surface area contributed by atoms with Gasteiger partial charge in [-0.05, 0) is 44.4 Å². The number of methoxy groups -OCH3 is 2. The second-order valence-corrected chi connectivity index (χ2v) is 10.3. The Bertz CT molecular complexity index is 1120. The number of benzene rings is 1. The van der Waals surface area contributed by atoms with Crippen LogP contribution >= 0.6 is 0 Å². The molecule has 2 amide bonds. The fraction of sp³-hybridized carbons (Fsp3) is 0.630. The quantitative estimate of drug-likeness (QED) is 0.602. The van der Waals surface area contributed by atoms with Crippen molar-refractivity contribution in [2.75, 3.05) is 53.6 Å². The predicted octanol–water partition coefficient (Wildman–Crippen LogP) is 2.65. The van der Waals surface area contributed by atoms with Crippen molar-refractivity contribution in [1.82, 2.24) is 19.7 Å². The average Bonchev–Trinajstić information content (AvgIpc) is 3.54. The van der Waals surface area contributed by atoms with Crippen molar-refractivity contribution in [2.45, 2.75) is 57.2 Å². The summed E-state index contributed by atoms with van der Waals surface area (Å²) in [7, 11) is 3.24. The summed E-state index contributed by atoms with van der Waals surface area (Å²) in [5.41, 5.74) is 0.330. The van der Waals surface area contributed by atoms with E-state index in [1.165, 1.54) is 0 Å². The summed E-state index contributed by atoms with van der Waals surface area (Å²) in [5, 5.41) is 4.09. The molecule has 1 saturated heterocycles. The summed E-state index contributed by atoms with van der Waals surface area (Å²) in [4.78, 5) is 32.0. The van der Waals surface area contributed by atoms with Crippen LogP contribution in [0.25, 0.3) is 10.9 Å². The maximum absolute atomic E-state index is 14.0. The van der Waals surface area contributed by atoms with Gasteiger partial charge >= 0.3 is 0 Å². The number of carbonyl (C=O) groups is 2. The number of carbonyl (C=O) groups excluding carboxylic acids is 2. The van der Waals surface area contributed by atoms with E-state index in [0.717, 1.165) is 75.9 Å². The van der Waals surface area contributed by atoms with Crippen LogP contribution < -0.4 is 14.8 Å². The highest BCUT2D eigenvalue weighted by Gasteiger charge is 2.48. The van der Waals surface area contributed by atoms with Crippen LogP contribution in [0.2, 0.25) is 0 Å². The maximum Gasteiger partial charge on any atom is 0.271 e. The van der Waals surface area contributed by atoms with Crippen LogP contribution in [0.3, 0.4) is 0 Å². The topological polar surface area (TPSA) is 85.3 Å². The minimum Gasteiger partial charge on any atom is -0.496 e. The van der Waals surface area contributed by atoms with Gasteiger partial charge in [0.05, 0.1) is 39.5 Å². The van der Waals surface area contributed by atoms with Crippen molar-refractivity contribution in [3.8, 4) is 11.5 Å². The molecule has 2 aromatic rings. The molecule has 1 aromatic carbocycles. The summed E-state index contributed by atoms with van der Waals surface area (Å²) in [6.07, 6.45) is 5.05. The van der Waals surface area contributed by atoms with Gasteiger partial charge < -0.3 is 29.0 Å². The van der Waals surface area contributed by atoms with E-state index in [2.05, 4.69) is 10.2 Å². The normalized spacial score (nSPS) is 23.2. The van der Waals surface area contributed by atoms with Gasteiger partial charge in [0, 0.05) is 37.6 Å². The smallest absolute Gasteiger partial charge is 0.271 e. The van der Waals surface area contributed by atoms with E-state index in [0.29, 0.717) is 30.3 Å². The van der Waals surface area contributed by atoms with Crippen molar-refractivity contribution in [2.24, 2.45) is 0 Å². The van der Waals surface area contributed by atoms with Crippen LogP contribution in [-0.4, -0.2) is 91.4 Å². The molecule has 196 valence electrons. The summed E-state index contributed by atoms with van der Waals surface area (Å²) in [6, 6.07) is 5.76. The summed E-state index contributed by atoms with van der Waals surface area (Å²) >= 11 is 0. The molecule has 1 aromatic heterocycles. The van der Waals surface area contributed by atoms with Gasteiger partial charge in [-0.25, -0.2) is 0 Å². The van der Waals surface area contributed by atoms with Gasteiger partial charge in [-0.2, -0.15) is 0 Å². The molecule has 0 radical (unpaired) electrons. The zero-order valence-corrected chi connectivity index (χ0v) is 21.7. The highest BCUT2D eigenvalue weighted by molar-refractivity contribution is 6.05. The van der Waals surface area contributed by atoms with E-state index in [1.807, 2.05) is 29.7 Å². The molecular weight excluding hydrogens is 460 g/mol. The number of amides is 2. The molecule has 1 aliphatic carbocycles. The Morgan fingerprint density at radius 2 is 1.81 bits per heavy atom. The first-order valence-corrected chi connectivity index (χ1v) is 13.1. The molecule has 1 unspecified atom stereocenters. The number of hydrogen-bond donors (Lipinski definition) is 1. The molecule has 1 atom stereocenters. The van der Waals surface area contributed by atoms with Crippen molar-refractivity contribution in [3.63, 3.8) is 0 Å². The van der Waals surface area contributed by atoms with Gasteiger partial charge in [0.2, 0.25) is 5.91 Å². The molecule has 3 heterocycles. The molecule has 0 spiro atoms. The lowest BCUT2D eigenvalue weighted by atomic mass is 9.93. The Morgan fingerprint density at radius 1 is 1.11 bits per heavy atom. The third kappa shape index (κ3) is 4.43. The fourth-order valence-electron chi connectivity index (χ4n) is 5.99. The van der Waals surface area contributed by atoms with E-state index < -0.39 is 5.54 Å². The van der Waals surface area contributed by atoms with Crippen LogP contribution in [0.4, 0.5) is 0 Å². The highest BCUT2D eigenvalue weighted by atomic mass is 16.5. The lowest BCUT2D eigenvalue weighted by molar-refractivity contribution is -0.133. The number of aromatic nitrogens is 1. The van der Waals surface area contributed by atoms with E-state index in [-0.39, 0.29) is 17.9 Å². The predicted molar refractivity (Wildman–Crippen MR) is 137 cm³/mol. The summed E-state index contributed by atoms with van der Waals surface area (Å²) in [6.45, 7) is 6.95. The SMILES string of the molecule is COc1ccc(OC)c2c1cc1n2CC(C)(C(=O)NC2CCCC2)N(CCCN2CCOCC2)C1=O. The zero-order valence-electron chi connectivity index (χ0n) is 21.7. The first-order valence-electron chi connectivity index (χ1n) is 13.1. The number of nitrogens with one attached hydrogen (secondary N) is 1. The molecule has 1 N–H and O–H groups in total. The third-order valence-corrected chi connectivity index (χ3v) is 8.09. The highest BCUT2D eigenvalue weighted by Crippen LogP contribution is 2.40. The minimum atomic E-state index is -1.02. The van der Waals surface area contributed by atoms with Gasteiger partial charge in [0.25, 0.3) is 5.91 Å². The average molecular weight is 499 g/mol. The molecule has 9 heteroatoms. The van der Waals surface area contributed by atoms with Crippen LogP contribution in [0, 0.1) is 0 Å². The van der Waals surface area contributed by atoms with Crippen LogP contribution in [0.15, 0.2) is 18.2 Å². The number of fused-ring (bicyclic) bond motifs is 3. The number of ether oxygens (including phenoxy) is 3. The Labute approximate surface area is 212 Å². The Morgan fingerprint density at radius 3 is 2.50 bits per heavy atom. The Hall–Kier alpha value is -2.78. The van der Waals surface area contributed by atoms with E-state index in [4.69, 9.17) is 14.2 Å². The molecule has 5 rings (SSSR count). The Kier molecular flexibility index (Phi) is 7.12. The monoisotopic (exact) mass is 498 g/mol. The molecular formula is C27H38N4O5. The Balaban J connectivity index is 1.49. The fourth-order valence-corrected chi connectivity index (χ4v) is 5.99. The van der Waals surface area contributed by atoms with Gasteiger partial charge in [-0.1, -0.05) is 12.8 Å².